The molecule has 0 saturated carbocycles. The first-order valence-corrected chi connectivity index (χ1v) is 26.0. The van der Waals surface area contributed by atoms with Crippen LogP contribution in [0.1, 0.15) is 94.0 Å². The van der Waals surface area contributed by atoms with Gasteiger partial charge in [-0.2, -0.15) is 0 Å². The summed E-state index contributed by atoms with van der Waals surface area (Å²) in [6, 6.07) is 29.4. The fourth-order valence-corrected chi connectivity index (χ4v) is 13.2. The van der Waals surface area contributed by atoms with Gasteiger partial charge in [-0.3, -0.25) is 24.7 Å². The lowest BCUT2D eigenvalue weighted by Crippen LogP contribution is -2.57. The van der Waals surface area contributed by atoms with Crippen LogP contribution in [0.4, 0.5) is 17.2 Å². The first kappa shape index (κ1) is 44.3. The smallest absolute Gasteiger partial charge is 0.128 e. The second kappa shape index (κ2) is 19.4. The number of fused-ring (bicyclic) bond motifs is 4. The summed E-state index contributed by atoms with van der Waals surface area (Å²) in [6.45, 7) is 13.9. The van der Waals surface area contributed by atoms with Crippen LogP contribution in [-0.4, -0.2) is 141 Å². The summed E-state index contributed by atoms with van der Waals surface area (Å²) in [7, 11) is 4.67. The number of nitrogens with one attached hydrogen (secondary N) is 2. The summed E-state index contributed by atoms with van der Waals surface area (Å²) >= 11 is 0. The molecule has 7 aliphatic rings. The molecule has 2 aromatic carbocycles. The zero-order chi connectivity index (χ0) is 45.6. The number of nitrogens with zero attached hydrogens (tertiary/aromatic N) is 9. The van der Waals surface area contributed by atoms with Crippen molar-refractivity contribution >= 4 is 17.2 Å². The quantitative estimate of drug-likeness (QED) is 0.155. The number of ether oxygens (including phenoxy) is 1. The summed E-state index contributed by atoms with van der Waals surface area (Å²) in [5, 5.41) is 8.00. The van der Waals surface area contributed by atoms with Gasteiger partial charge in [0.2, 0.25) is 0 Å². The molecule has 0 spiro atoms. The van der Waals surface area contributed by atoms with E-state index in [2.05, 4.69) is 126 Å². The third-order valence-electron chi connectivity index (χ3n) is 17.0. The maximum atomic E-state index is 5.62. The molecule has 3 fully saturated rings. The van der Waals surface area contributed by atoms with Gasteiger partial charge in [0.05, 0.1) is 42.7 Å². The number of benzene rings is 2. The minimum Gasteiger partial charge on any atom is -0.378 e. The van der Waals surface area contributed by atoms with Gasteiger partial charge in [-0.1, -0.05) is 36.4 Å². The molecule has 12 rings (SSSR count). The average molecular weight is 914 g/mol. The van der Waals surface area contributed by atoms with Crippen LogP contribution >= 0.6 is 0 Å². The van der Waals surface area contributed by atoms with E-state index in [0.717, 1.165) is 130 Å². The van der Waals surface area contributed by atoms with Crippen LogP contribution in [0.2, 0.25) is 0 Å². The van der Waals surface area contributed by atoms with Crippen LogP contribution in [0.5, 0.6) is 0 Å². The van der Waals surface area contributed by atoms with E-state index in [9.17, 15) is 0 Å². The molecular weight excluding hydrogens is 843 g/mol. The number of likely N-dealkylation sites (N-methyl/N-ethyl adjacent to an activating group) is 2. The summed E-state index contributed by atoms with van der Waals surface area (Å²) < 4.78 is 5.62. The van der Waals surface area contributed by atoms with E-state index in [1.54, 1.807) is 5.56 Å². The van der Waals surface area contributed by atoms with Gasteiger partial charge in [-0.15, -0.1) is 0 Å². The van der Waals surface area contributed by atoms with E-state index < -0.39 is 0 Å². The zero-order valence-electron chi connectivity index (χ0n) is 40.4. The maximum Gasteiger partial charge on any atom is 0.128 e. The minimum atomic E-state index is 0.284. The van der Waals surface area contributed by atoms with Crippen molar-refractivity contribution in [2.24, 2.45) is 0 Å². The van der Waals surface area contributed by atoms with Gasteiger partial charge in [0.15, 0.2) is 0 Å². The van der Waals surface area contributed by atoms with Crippen molar-refractivity contribution in [3.8, 4) is 0 Å². The van der Waals surface area contributed by atoms with E-state index in [1.165, 1.54) is 69.0 Å². The molecule has 2 N–H and O–H groups in total. The van der Waals surface area contributed by atoms with Crippen LogP contribution in [-0.2, 0) is 37.1 Å². The third kappa shape index (κ3) is 8.81. The molecule has 3 aromatic heterocycles. The summed E-state index contributed by atoms with van der Waals surface area (Å²) in [6.07, 6.45) is 13.8. The molecule has 5 aliphatic heterocycles. The lowest BCUT2D eigenvalue weighted by Gasteiger charge is -2.44. The summed E-state index contributed by atoms with van der Waals surface area (Å²) in [5.41, 5.74) is 15.8. The van der Waals surface area contributed by atoms with Gasteiger partial charge in [0.25, 0.3) is 0 Å². The highest BCUT2D eigenvalue weighted by Gasteiger charge is 2.37. The lowest BCUT2D eigenvalue weighted by molar-refractivity contribution is -0.0660. The number of hydrogen-bond acceptors (Lipinski definition) is 12. The van der Waals surface area contributed by atoms with E-state index in [4.69, 9.17) is 14.7 Å². The van der Waals surface area contributed by atoms with Gasteiger partial charge < -0.3 is 30.1 Å². The van der Waals surface area contributed by atoms with Gasteiger partial charge in [0.1, 0.15) is 5.82 Å². The van der Waals surface area contributed by atoms with Gasteiger partial charge in [-0.25, -0.2) is 4.98 Å². The van der Waals surface area contributed by atoms with Gasteiger partial charge >= 0.3 is 0 Å². The molecular formula is C56H71N11O. The largest absolute Gasteiger partial charge is 0.378 e. The average Bonchev–Trinajstić information content (AvgIpc) is 3.37. The fourth-order valence-electron chi connectivity index (χ4n) is 13.2. The number of hydrogen-bond donors (Lipinski definition) is 2. The van der Waals surface area contributed by atoms with Crippen LogP contribution in [0, 0.1) is 0 Å². The van der Waals surface area contributed by atoms with E-state index >= 15 is 0 Å². The highest BCUT2D eigenvalue weighted by atomic mass is 16.5. The SMILES string of the molecule is CN(C[C@@H]1Cc2c(cc(C3CC[C@H](N(C)C[C@H]4Cc5c(cccc5N5CCN(c6ccccn6)CC5)CN4)c4ncccc43)cc2N2CCN(C3COC3)CC2)CN1)[C@H]1CCCc2cccnc21. The monoisotopic (exact) mass is 914 g/mol. The first-order valence-electron chi connectivity index (χ1n) is 26.0. The van der Waals surface area contributed by atoms with E-state index in [0.29, 0.717) is 30.1 Å². The number of anilines is 3. The topological polar surface area (TPSA) is 91.4 Å². The highest BCUT2D eigenvalue weighted by molar-refractivity contribution is 5.62. The van der Waals surface area contributed by atoms with Crippen molar-refractivity contribution in [2.75, 3.05) is 107 Å². The zero-order valence-corrected chi connectivity index (χ0v) is 40.4. The van der Waals surface area contributed by atoms with Crippen molar-refractivity contribution < 1.29 is 4.74 Å². The number of rotatable bonds is 11. The lowest BCUT2D eigenvalue weighted by atomic mass is 9.77. The predicted molar refractivity (Wildman–Crippen MR) is 272 cm³/mol. The summed E-state index contributed by atoms with van der Waals surface area (Å²) in [5.74, 6) is 1.41. The maximum absolute atomic E-state index is 5.62. The number of pyridine rings is 3. The second-order valence-corrected chi connectivity index (χ2v) is 21.0. The van der Waals surface area contributed by atoms with Crippen molar-refractivity contribution in [3.05, 3.63) is 142 Å². The van der Waals surface area contributed by atoms with Crippen LogP contribution in [0.15, 0.2) is 91.4 Å². The molecule has 356 valence electrons. The molecule has 8 heterocycles. The molecule has 3 saturated heterocycles. The molecule has 12 heteroatoms. The number of piperazine rings is 2. The molecule has 0 amide bonds. The Kier molecular flexibility index (Phi) is 12.7. The molecule has 12 nitrogen and oxygen atoms in total. The van der Waals surface area contributed by atoms with Gasteiger partial charge in [-0.05, 0) is 134 Å². The fraction of sp³-hybridized carbons (Fsp3) is 0.518. The highest BCUT2D eigenvalue weighted by Crippen LogP contribution is 2.45. The standard InChI is InChI=1S/C56H71N11O/c1-62(51-14-5-9-39-11-7-19-58-55(39)51)35-44-32-49-42(34-61-44)29-41(30-53(49)66-23-21-64(22-24-66)45-37-68-38-45)46-16-17-52(56-47(46)12-8-20-59-56)63(2)36-43-31-48-40(33-60-43)10-6-13-50(48)65-25-27-67(28-26-65)54-15-3-4-18-57-54/h3-4,6-8,10-13,15,18-20,29-30,43-46,51-52,60-61H,5,9,14,16-17,21-28,31-38H2,1-2H3/t43-,44+,46?,51+,52+/m1/s1. The Hall–Kier alpha value is -4.95. The molecule has 0 bridgehead atoms. The summed E-state index contributed by atoms with van der Waals surface area (Å²) in [4.78, 5) is 30.4. The number of aryl methyl sites for hydroxylation is 1. The van der Waals surface area contributed by atoms with Crippen LogP contribution < -0.4 is 25.3 Å². The molecule has 5 atom stereocenters. The number of aromatic nitrogens is 3. The molecule has 5 aromatic rings. The second-order valence-electron chi connectivity index (χ2n) is 21.0. The Morgan fingerprint density at radius 2 is 1.26 bits per heavy atom. The Morgan fingerprint density at radius 3 is 2.01 bits per heavy atom. The molecule has 68 heavy (non-hydrogen) atoms. The Balaban J connectivity index is 0.761. The van der Waals surface area contributed by atoms with Crippen molar-refractivity contribution in [1.29, 1.82) is 0 Å². The van der Waals surface area contributed by atoms with Crippen molar-refractivity contribution in [1.82, 2.24) is 40.3 Å². The first-order chi connectivity index (χ1) is 33.5. The van der Waals surface area contributed by atoms with Crippen LogP contribution in [0.3, 0.4) is 0 Å². The van der Waals surface area contributed by atoms with Crippen molar-refractivity contribution in [3.63, 3.8) is 0 Å². The predicted octanol–water partition coefficient (Wildman–Crippen LogP) is 6.36. The Labute approximate surface area is 404 Å². The minimum absolute atomic E-state index is 0.284. The van der Waals surface area contributed by atoms with Crippen LogP contribution in [0.25, 0.3) is 0 Å². The van der Waals surface area contributed by atoms with Gasteiger partial charge in [0, 0.05) is 127 Å². The normalized spacial score (nSPS) is 25.4. The third-order valence-corrected chi connectivity index (χ3v) is 17.0. The van der Waals surface area contributed by atoms with E-state index in [1.807, 2.05) is 24.7 Å². The van der Waals surface area contributed by atoms with E-state index in [-0.39, 0.29) is 6.04 Å². The Morgan fingerprint density at radius 1 is 0.603 bits per heavy atom. The Bertz CT molecular complexity index is 2540. The molecule has 1 unspecified atom stereocenters. The molecule has 0 radical (unpaired) electrons. The molecule has 2 aliphatic carbocycles. The van der Waals surface area contributed by atoms with Crippen molar-refractivity contribution in [2.45, 2.75) is 94.2 Å².